The van der Waals surface area contributed by atoms with Crippen LogP contribution in [-0.4, -0.2) is 18.1 Å². The minimum Gasteiger partial charge on any atom is -0.368 e. The molecule has 3 aliphatic rings. The molecule has 2 aromatic rings. The van der Waals surface area contributed by atoms with Gasteiger partial charge >= 0.3 is 0 Å². The predicted octanol–water partition coefficient (Wildman–Crippen LogP) is 3.52. The Labute approximate surface area is 149 Å². The molecule has 24 heavy (non-hydrogen) atoms. The van der Waals surface area contributed by atoms with Crippen LogP contribution in [0, 0.1) is 5.41 Å². The lowest BCUT2D eigenvalue weighted by molar-refractivity contribution is -0.200. The minimum atomic E-state index is -0.703. The summed E-state index contributed by atoms with van der Waals surface area (Å²) in [5, 5.41) is 1.61. The number of guanidine groups is 1. The largest absolute Gasteiger partial charge is 0.368 e. The number of nitrogens with zero attached hydrogens (tertiary/aromatic N) is 2. The van der Waals surface area contributed by atoms with E-state index in [2.05, 4.69) is 64.5 Å². The summed E-state index contributed by atoms with van der Waals surface area (Å²) in [6, 6.07) is 17.1. The molecule has 0 amide bonds. The van der Waals surface area contributed by atoms with Crippen molar-refractivity contribution >= 4 is 21.9 Å². The third-order valence-electron chi connectivity index (χ3n) is 5.76. The van der Waals surface area contributed by atoms with Crippen LogP contribution in [0.4, 0.5) is 0 Å². The van der Waals surface area contributed by atoms with Crippen LogP contribution < -0.4 is 5.73 Å². The molecule has 2 aromatic carbocycles. The molecule has 0 aromatic heterocycles. The number of aliphatic imine (C=N–C) groups is 1. The van der Waals surface area contributed by atoms with Gasteiger partial charge in [0.2, 0.25) is 11.7 Å². The molecule has 3 unspecified atom stereocenters. The summed E-state index contributed by atoms with van der Waals surface area (Å²) in [5.74, 6) is 0.883. The predicted molar refractivity (Wildman–Crippen MR) is 96.2 cm³/mol. The van der Waals surface area contributed by atoms with Crippen LogP contribution in [0.2, 0.25) is 0 Å². The van der Waals surface area contributed by atoms with E-state index in [4.69, 9.17) is 15.6 Å². The molecule has 0 bridgehead atoms. The molecular formula is C19H18BrN3O. The molecule has 1 aliphatic heterocycles. The minimum absolute atomic E-state index is 0.0487. The number of halogens is 1. The number of fused-ring (bicyclic) bond motifs is 3. The molecule has 0 saturated heterocycles. The van der Waals surface area contributed by atoms with E-state index >= 15 is 0 Å². The maximum absolute atomic E-state index is 6.32. The highest BCUT2D eigenvalue weighted by Crippen LogP contribution is 2.75. The molecule has 1 fully saturated rings. The van der Waals surface area contributed by atoms with Gasteiger partial charge in [0.25, 0.3) is 0 Å². The molecule has 2 aliphatic carbocycles. The van der Waals surface area contributed by atoms with Crippen molar-refractivity contribution in [3.8, 4) is 0 Å². The van der Waals surface area contributed by atoms with Crippen molar-refractivity contribution in [3.05, 3.63) is 69.7 Å². The van der Waals surface area contributed by atoms with E-state index in [0.717, 1.165) is 22.9 Å². The lowest BCUT2D eigenvalue weighted by Crippen LogP contribution is -2.36. The first kappa shape index (κ1) is 14.5. The number of benzene rings is 2. The standard InChI is InChI=1S/C19H18BrN3O/c1-23-17(21)22-19(24-23)15-9-14(20)8-7-13(15)10-18(19)11-16(18)12-5-3-2-4-6-12/h2-9,16H,10-11H2,1H3,(H2,21,22). The second-order valence-corrected chi connectivity index (χ2v) is 7.92. The van der Waals surface area contributed by atoms with E-state index < -0.39 is 5.72 Å². The Morgan fingerprint density at radius 2 is 2.04 bits per heavy atom. The lowest BCUT2D eigenvalue weighted by atomic mass is 9.88. The van der Waals surface area contributed by atoms with Crippen LogP contribution in [0.1, 0.15) is 29.0 Å². The third-order valence-corrected chi connectivity index (χ3v) is 6.25. The van der Waals surface area contributed by atoms with Crippen molar-refractivity contribution in [2.75, 3.05) is 7.05 Å². The van der Waals surface area contributed by atoms with E-state index in [1.807, 2.05) is 7.05 Å². The van der Waals surface area contributed by atoms with Crippen molar-refractivity contribution in [3.63, 3.8) is 0 Å². The van der Waals surface area contributed by atoms with E-state index in [0.29, 0.717) is 11.9 Å². The fourth-order valence-electron chi connectivity index (χ4n) is 4.55. The average molecular weight is 384 g/mol. The molecule has 4 nitrogen and oxygen atoms in total. The quantitative estimate of drug-likeness (QED) is 0.819. The Balaban J connectivity index is 1.68. The van der Waals surface area contributed by atoms with Gasteiger partial charge in [0.15, 0.2) is 0 Å². The first-order valence-electron chi connectivity index (χ1n) is 8.18. The van der Waals surface area contributed by atoms with Crippen LogP contribution in [0.15, 0.2) is 58.0 Å². The fourth-order valence-corrected chi connectivity index (χ4v) is 4.91. The molecule has 2 spiro atoms. The highest BCUT2D eigenvalue weighted by atomic mass is 79.9. The van der Waals surface area contributed by atoms with Gasteiger partial charge in [0.05, 0.1) is 0 Å². The summed E-state index contributed by atoms with van der Waals surface area (Å²) in [4.78, 5) is 11.2. The van der Waals surface area contributed by atoms with Crippen molar-refractivity contribution in [2.45, 2.75) is 24.5 Å². The highest BCUT2D eigenvalue weighted by Gasteiger charge is 2.74. The summed E-state index contributed by atoms with van der Waals surface area (Å²) in [6.07, 6.45) is 2.04. The van der Waals surface area contributed by atoms with Crippen LogP contribution in [0.3, 0.4) is 0 Å². The molecule has 0 radical (unpaired) electrons. The molecule has 5 heteroatoms. The Bertz CT molecular complexity index is 868. The van der Waals surface area contributed by atoms with E-state index in [1.165, 1.54) is 11.1 Å². The zero-order chi connectivity index (χ0) is 16.5. The van der Waals surface area contributed by atoms with Crippen LogP contribution >= 0.6 is 15.9 Å². The number of nitrogens with two attached hydrogens (primary N) is 1. The third kappa shape index (κ3) is 1.69. The van der Waals surface area contributed by atoms with Gasteiger partial charge in [-0.1, -0.05) is 52.3 Å². The summed E-state index contributed by atoms with van der Waals surface area (Å²) >= 11 is 3.59. The lowest BCUT2D eigenvalue weighted by Gasteiger charge is -2.30. The Morgan fingerprint density at radius 3 is 2.75 bits per heavy atom. The normalized spacial score (nSPS) is 33.2. The van der Waals surface area contributed by atoms with Crippen molar-refractivity contribution in [2.24, 2.45) is 16.1 Å². The van der Waals surface area contributed by atoms with E-state index in [9.17, 15) is 0 Å². The topological polar surface area (TPSA) is 50.8 Å². The van der Waals surface area contributed by atoms with Gasteiger partial charge in [0.1, 0.15) is 0 Å². The first-order chi connectivity index (χ1) is 11.6. The molecule has 1 saturated carbocycles. The zero-order valence-corrected chi connectivity index (χ0v) is 15.0. The van der Waals surface area contributed by atoms with Gasteiger partial charge in [-0.2, -0.15) is 0 Å². The van der Waals surface area contributed by atoms with Gasteiger partial charge in [-0.15, -0.1) is 0 Å². The van der Waals surface area contributed by atoms with Crippen LogP contribution in [0.5, 0.6) is 0 Å². The smallest absolute Gasteiger partial charge is 0.221 e. The number of hydroxylamine groups is 2. The number of hydrogen-bond acceptors (Lipinski definition) is 4. The van der Waals surface area contributed by atoms with Crippen LogP contribution in [-0.2, 0) is 17.0 Å². The number of hydrogen-bond donors (Lipinski definition) is 1. The Hall–Kier alpha value is -1.85. The fraction of sp³-hybridized carbons (Fsp3) is 0.316. The second-order valence-electron chi connectivity index (χ2n) is 7.00. The maximum Gasteiger partial charge on any atom is 0.221 e. The Morgan fingerprint density at radius 1 is 1.25 bits per heavy atom. The molecule has 1 heterocycles. The highest BCUT2D eigenvalue weighted by molar-refractivity contribution is 9.10. The van der Waals surface area contributed by atoms with Gasteiger partial charge in [0, 0.05) is 22.5 Å². The van der Waals surface area contributed by atoms with Crippen LogP contribution in [0.25, 0.3) is 0 Å². The van der Waals surface area contributed by atoms with Crippen molar-refractivity contribution in [1.82, 2.24) is 5.06 Å². The summed E-state index contributed by atoms with van der Waals surface area (Å²) < 4.78 is 1.04. The Kier molecular flexibility index (Phi) is 2.78. The second kappa shape index (κ2) is 4.61. The maximum atomic E-state index is 6.32. The number of rotatable bonds is 1. The SMILES string of the molecule is CN1OC2(N=C1N)c1cc(Br)ccc1CC21CC1c1ccccc1. The molecule has 2 N–H and O–H groups in total. The molecular weight excluding hydrogens is 366 g/mol. The molecule has 3 atom stereocenters. The van der Waals surface area contributed by atoms with E-state index in [1.54, 1.807) is 5.06 Å². The first-order valence-corrected chi connectivity index (χ1v) is 8.97. The molecule has 5 rings (SSSR count). The van der Waals surface area contributed by atoms with Gasteiger partial charge in [-0.3, -0.25) is 0 Å². The van der Waals surface area contributed by atoms with Gasteiger partial charge in [-0.05, 0) is 42.0 Å². The summed E-state index contributed by atoms with van der Waals surface area (Å²) in [6.45, 7) is 0. The van der Waals surface area contributed by atoms with Gasteiger partial charge in [-0.25, -0.2) is 14.9 Å². The van der Waals surface area contributed by atoms with Gasteiger partial charge < -0.3 is 5.73 Å². The monoisotopic (exact) mass is 383 g/mol. The summed E-state index contributed by atoms with van der Waals surface area (Å²) in [7, 11) is 1.83. The molecule has 122 valence electrons. The average Bonchev–Trinajstić information content (AvgIpc) is 3.16. The van der Waals surface area contributed by atoms with Crippen molar-refractivity contribution in [1.29, 1.82) is 0 Å². The van der Waals surface area contributed by atoms with E-state index in [-0.39, 0.29) is 5.41 Å². The van der Waals surface area contributed by atoms with Crippen molar-refractivity contribution < 1.29 is 4.84 Å². The summed E-state index contributed by atoms with van der Waals surface area (Å²) in [5.41, 5.74) is 9.16. The zero-order valence-electron chi connectivity index (χ0n) is 13.4.